The molecule has 0 spiro atoms. The van der Waals surface area contributed by atoms with E-state index in [1.54, 1.807) is 6.20 Å². The number of aliphatic hydroxyl groups is 1. The minimum absolute atomic E-state index is 0.438. The van der Waals surface area contributed by atoms with Gasteiger partial charge in [0.1, 0.15) is 0 Å². The van der Waals surface area contributed by atoms with E-state index in [0.29, 0.717) is 11.4 Å². The number of aryl methyl sites for hydroxylation is 2. The summed E-state index contributed by atoms with van der Waals surface area (Å²) in [5, 5.41) is 16.6. The minimum Gasteiger partial charge on any atom is -0.388 e. The quantitative estimate of drug-likeness (QED) is 0.914. The summed E-state index contributed by atoms with van der Waals surface area (Å²) in [6.07, 6.45) is 2.83. The predicted octanol–water partition coefficient (Wildman–Crippen LogP) is 2.80. The molecule has 2 aromatic heterocycles. The summed E-state index contributed by atoms with van der Waals surface area (Å²) < 4.78 is 1.83. The van der Waals surface area contributed by atoms with Gasteiger partial charge in [0, 0.05) is 29.2 Å². The second-order valence-corrected chi connectivity index (χ2v) is 5.05. The first-order valence-corrected chi connectivity index (χ1v) is 6.31. The molecule has 3 nitrogen and oxygen atoms in total. The summed E-state index contributed by atoms with van der Waals surface area (Å²) in [6.45, 7) is 0. The molecule has 1 N–H and O–H groups in total. The Morgan fingerprint density at radius 2 is 2.44 bits per heavy atom. The molecule has 2 heterocycles. The van der Waals surface area contributed by atoms with Gasteiger partial charge >= 0.3 is 0 Å². The molecule has 16 heavy (non-hydrogen) atoms. The summed E-state index contributed by atoms with van der Waals surface area (Å²) in [5.74, 6) is 0. The molecule has 1 atom stereocenters. The van der Waals surface area contributed by atoms with Crippen molar-refractivity contribution < 1.29 is 5.11 Å². The van der Waals surface area contributed by atoms with Gasteiger partial charge in [-0.25, -0.2) is 0 Å². The normalized spacial score (nSPS) is 12.9. The first kappa shape index (κ1) is 11.6. The van der Waals surface area contributed by atoms with Gasteiger partial charge in [0.15, 0.2) is 0 Å². The minimum atomic E-state index is -0.438. The highest BCUT2D eigenvalue weighted by atomic mass is 35.5. The molecule has 0 radical (unpaired) electrons. The van der Waals surface area contributed by atoms with E-state index in [0.717, 1.165) is 17.0 Å². The fourth-order valence-electron chi connectivity index (χ4n) is 1.58. The molecule has 0 aliphatic rings. The Balaban J connectivity index is 1.93. The molecule has 0 aliphatic heterocycles. The van der Waals surface area contributed by atoms with Gasteiger partial charge in [-0.2, -0.15) is 5.10 Å². The van der Waals surface area contributed by atoms with Gasteiger partial charge in [-0.1, -0.05) is 11.6 Å². The van der Waals surface area contributed by atoms with Gasteiger partial charge in [-0.05, 0) is 25.0 Å². The van der Waals surface area contributed by atoms with Crippen LogP contribution in [0.4, 0.5) is 0 Å². The van der Waals surface area contributed by atoms with Gasteiger partial charge in [0.25, 0.3) is 0 Å². The molecule has 86 valence electrons. The number of nitrogens with zero attached hydrogens (tertiary/aromatic N) is 2. The molecule has 0 saturated heterocycles. The first-order valence-electron chi connectivity index (χ1n) is 5.05. The van der Waals surface area contributed by atoms with Gasteiger partial charge in [-0.3, -0.25) is 4.68 Å². The van der Waals surface area contributed by atoms with Gasteiger partial charge in [0.05, 0.1) is 11.1 Å². The van der Waals surface area contributed by atoms with Crippen molar-refractivity contribution in [3.05, 3.63) is 39.3 Å². The zero-order valence-electron chi connectivity index (χ0n) is 8.93. The van der Waals surface area contributed by atoms with E-state index in [1.807, 2.05) is 29.2 Å². The lowest BCUT2D eigenvalue weighted by molar-refractivity contribution is 0.171. The van der Waals surface area contributed by atoms with Crippen molar-refractivity contribution in [1.29, 1.82) is 0 Å². The van der Waals surface area contributed by atoms with E-state index in [-0.39, 0.29) is 0 Å². The number of aromatic nitrogens is 2. The van der Waals surface area contributed by atoms with Crippen LogP contribution in [0.5, 0.6) is 0 Å². The fourth-order valence-corrected chi connectivity index (χ4v) is 2.68. The standard InChI is InChI=1S/C11H13ClN2OS/c1-14-9(4-5-13-14)2-3-10(15)11-6-8(12)7-16-11/h4-7,10,15H,2-3H2,1H3. The lowest BCUT2D eigenvalue weighted by atomic mass is 10.1. The molecule has 0 bridgehead atoms. The van der Waals surface area contributed by atoms with E-state index < -0.39 is 6.10 Å². The zero-order valence-corrected chi connectivity index (χ0v) is 10.5. The third kappa shape index (κ3) is 2.64. The van der Waals surface area contributed by atoms with Crippen LogP contribution in [0.1, 0.15) is 23.1 Å². The Bertz CT molecular complexity index is 466. The molecular formula is C11H13ClN2OS. The van der Waals surface area contributed by atoms with Crippen LogP contribution >= 0.6 is 22.9 Å². The maximum Gasteiger partial charge on any atom is 0.0886 e. The number of hydrogen-bond donors (Lipinski definition) is 1. The van der Waals surface area contributed by atoms with Crippen molar-refractivity contribution in [3.63, 3.8) is 0 Å². The number of hydrogen-bond acceptors (Lipinski definition) is 3. The zero-order chi connectivity index (χ0) is 11.5. The average molecular weight is 257 g/mol. The second kappa shape index (κ2) is 4.99. The monoisotopic (exact) mass is 256 g/mol. The molecule has 0 saturated carbocycles. The Hall–Kier alpha value is -0.840. The van der Waals surface area contributed by atoms with E-state index in [4.69, 9.17) is 11.6 Å². The van der Waals surface area contributed by atoms with E-state index in [9.17, 15) is 5.11 Å². The molecule has 2 rings (SSSR count). The van der Waals surface area contributed by atoms with Gasteiger partial charge in [-0.15, -0.1) is 11.3 Å². The van der Waals surface area contributed by atoms with Crippen LogP contribution in [-0.4, -0.2) is 14.9 Å². The third-order valence-corrected chi connectivity index (χ3v) is 3.89. The molecule has 0 amide bonds. The van der Waals surface area contributed by atoms with Crippen molar-refractivity contribution in [1.82, 2.24) is 9.78 Å². The molecule has 2 aromatic rings. The van der Waals surface area contributed by atoms with Crippen LogP contribution in [0, 0.1) is 0 Å². The van der Waals surface area contributed by atoms with Crippen LogP contribution in [0.3, 0.4) is 0 Å². The average Bonchev–Trinajstić information content (AvgIpc) is 2.84. The topological polar surface area (TPSA) is 38.0 Å². The van der Waals surface area contributed by atoms with Gasteiger partial charge < -0.3 is 5.11 Å². The summed E-state index contributed by atoms with van der Waals surface area (Å²) in [6, 6.07) is 3.79. The van der Waals surface area contributed by atoms with Crippen molar-refractivity contribution in [3.8, 4) is 0 Å². The number of aliphatic hydroxyl groups excluding tert-OH is 1. The highest BCUT2D eigenvalue weighted by molar-refractivity contribution is 7.10. The van der Waals surface area contributed by atoms with Crippen molar-refractivity contribution in [2.45, 2.75) is 18.9 Å². The summed E-state index contributed by atoms with van der Waals surface area (Å²) in [4.78, 5) is 0.923. The van der Waals surface area contributed by atoms with Crippen LogP contribution < -0.4 is 0 Å². The first-order chi connectivity index (χ1) is 7.66. The summed E-state index contributed by atoms with van der Waals surface area (Å²) >= 11 is 7.31. The van der Waals surface area contributed by atoms with Crippen LogP contribution in [0.15, 0.2) is 23.7 Å². The molecule has 0 aromatic carbocycles. The Morgan fingerprint density at radius 1 is 1.62 bits per heavy atom. The van der Waals surface area contributed by atoms with Crippen molar-refractivity contribution in [2.75, 3.05) is 0 Å². The molecule has 1 unspecified atom stereocenters. The lowest BCUT2D eigenvalue weighted by Crippen LogP contribution is -2.02. The molecule has 0 aliphatic carbocycles. The smallest absolute Gasteiger partial charge is 0.0886 e. The lowest BCUT2D eigenvalue weighted by Gasteiger charge is -2.08. The molecular weight excluding hydrogens is 244 g/mol. The second-order valence-electron chi connectivity index (χ2n) is 3.67. The van der Waals surface area contributed by atoms with Crippen molar-refractivity contribution in [2.24, 2.45) is 7.05 Å². The van der Waals surface area contributed by atoms with Gasteiger partial charge in [0.2, 0.25) is 0 Å². The Labute approximate surface area is 103 Å². The number of rotatable bonds is 4. The SMILES string of the molecule is Cn1nccc1CCC(O)c1cc(Cl)cs1. The highest BCUT2D eigenvalue weighted by Crippen LogP contribution is 2.27. The van der Waals surface area contributed by atoms with Crippen LogP contribution in [-0.2, 0) is 13.5 Å². The highest BCUT2D eigenvalue weighted by Gasteiger charge is 2.11. The summed E-state index contributed by atoms with van der Waals surface area (Å²) in [7, 11) is 1.91. The van der Waals surface area contributed by atoms with Crippen LogP contribution in [0.2, 0.25) is 5.02 Å². The predicted molar refractivity (Wildman–Crippen MR) is 65.8 cm³/mol. The number of thiophene rings is 1. The fraction of sp³-hybridized carbons (Fsp3) is 0.364. The largest absolute Gasteiger partial charge is 0.388 e. The maximum atomic E-state index is 9.95. The van der Waals surface area contributed by atoms with E-state index in [2.05, 4.69) is 5.10 Å². The Morgan fingerprint density at radius 3 is 3.00 bits per heavy atom. The van der Waals surface area contributed by atoms with E-state index in [1.165, 1.54) is 11.3 Å². The number of halogens is 1. The third-order valence-electron chi connectivity index (χ3n) is 2.51. The Kier molecular flexibility index (Phi) is 3.63. The van der Waals surface area contributed by atoms with E-state index >= 15 is 0 Å². The van der Waals surface area contributed by atoms with Crippen LogP contribution in [0.25, 0.3) is 0 Å². The summed E-state index contributed by atoms with van der Waals surface area (Å²) in [5.41, 5.74) is 1.13. The molecule has 5 heteroatoms. The molecule has 0 fully saturated rings. The maximum absolute atomic E-state index is 9.95. The van der Waals surface area contributed by atoms with Crippen molar-refractivity contribution >= 4 is 22.9 Å².